The molecule has 0 heterocycles. The Morgan fingerprint density at radius 2 is 0.931 bits per heavy atom. The minimum absolute atomic E-state index is 0.324. The molecule has 3 unspecified atom stereocenters. The van der Waals surface area contributed by atoms with E-state index >= 15 is 0 Å². The molecule has 0 saturated heterocycles. The second-order valence-corrected chi connectivity index (χ2v) is 8.27. The highest BCUT2D eigenvalue weighted by atomic mass is 16.6. The third-order valence-corrected chi connectivity index (χ3v) is 3.93. The summed E-state index contributed by atoms with van der Waals surface area (Å²) in [6.07, 6.45) is -3.17. The maximum atomic E-state index is 12.2. The highest BCUT2D eigenvalue weighted by Gasteiger charge is 2.38. The molecule has 3 atom stereocenters. The van der Waals surface area contributed by atoms with Gasteiger partial charge in [-0.3, -0.25) is 19.2 Å². The van der Waals surface area contributed by atoms with Gasteiger partial charge in [0.1, 0.15) is 12.7 Å². The summed E-state index contributed by atoms with van der Waals surface area (Å²) in [4.78, 5) is 48.4. The van der Waals surface area contributed by atoms with Crippen LogP contribution in [0.1, 0.15) is 62.3 Å². The van der Waals surface area contributed by atoms with Crippen molar-refractivity contribution in [2.24, 2.45) is 23.7 Å². The molecule has 0 aromatic heterocycles. The van der Waals surface area contributed by atoms with Crippen molar-refractivity contribution in [3.63, 3.8) is 0 Å². The maximum Gasteiger partial charge on any atom is 0.308 e. The lowest BCUT2D eigenvalue weighted by molar-refractivity contribution is -0.194. The standard InChI is InChI=1S/C21H36O8/c1-11(2)18(22)26-10-16(28-20(24)13(5)6)17(29-21(25)14(7)8)15(9)27-19(23)12(3)4/h11-17H,10H2,1-9H3. The van der Waals surface area contributed by atoms with E-state index in [0.717, 1.165) is 0 Å². The molecule has 29 heavy (non-hydrogen) atoms. The summed E-state index contributed by atoms with van der Waals surface area (Å²) in [7, 11) is 0. The lowest BCUT2D eigenvalue weighted by Crippen LogP contribution is -2.48. The summed E-state index contributed by atoms with van der Waals surface area (Å²) in [5, 5.41) is 0. The minimum Gasteiger partial charge on any atom is -0.461 e. The van der Waals surface area contributed by atoms with Crippen molar-refractivity contribution in [3.8, 4) is 0 Å². The smallest absolute Gasteiger partial charge is 0.308 e. The number of ether oxygens (including phenoxy) is 4. The van der Waals surface area contributed by atoms with Gasteiger partial charge in [0, 0.05) is 0 Å². The van der Waals surface area contributed by atoms with Crippen LogP contribution < -0.4 is 0 Å². The zero-order valence-electron chi connectivity index (χ0n) is 19.0. The molecule has 0 spiro atoms. The molecule has 0 fully saturated rings. The second-order valence-electron chi connectivity index (χ2n) is 8.27. The molecule has 0 aliphatic carbocycles. The molecule has 0 aromatic carbocycles. The molecular formula is C21H36O8. The molecule has 8 nitrogen and oxygen atoms in total. The first-order valence-electron chi connectivity index (χ1n) is 10.1. The second kappa shape index (κ2) is 12.4. The Morgan fingerprint density at radius 3 is 1.34 bits per heavy atom. The molecule has 0 bridgehead atoms. The first-order chi connectivity index (χ1) is 13.3. The van der Waals surface area contributed by atoms with E-state index in [2.05, 4.69) is 0 Å². The van der Waals surface area contributed by atoms with E-state index in [1.165, 1.54) is 0 Å². The van der Waals surface area contributed by atoms with E-state index in [0.29, 0.717) is 0 Å². The van der Waals surface area contributed by atoms with Crippen LogP contribution in [-0.2, 0) is 38.1 Å². The highest BCUT2D eigenvalue weighted by Crippen LogP contribution is 2.18. The molecule has 0 N–H and O–H groups in total. The Bertz CT molecular complexity index is 565. The zero-order chi connectivity index (χ0) is 22.9. The minimum atomic E-state index is -1.13. The summed E-state index contributed by atoms with van der Waals surface area (Å²) in [5.41, 5.74) is 0. The first kappa shape index (κ1) is 26.9. The monoisotopic (exact) mass is 416 g/mol. The number of carbonyl (C=O) groups excluding carboxylic acids is 4. The van der Waals surface area contributed by atoms with Gasteiger partial charge in [0.05, 0.1) is 23.7 Å². The quantitative estimate of drug-likeness (QED) is 0.374. The van der Waals surface area contributed by atoms with E-state index < -0.39 is 59.9 Å². The molecule has 0 aliphatic rings. The van der Waals surface area contributed by atoms with Gasteiger partial charge < -0.3 is 18.9 Å². The van der Waals surface area contributed by atoms with Crippen LogP contribution in [0.25, 0.3) is 0 Å². The van der Waals surface area contributed by atoms with E-state index in [9.17, 15) is 19.2 Å². The summed E-state index contributed by atoms with van der Waals surface area (Å²) in [6, 6.07) is 0. The lowest BCUT2D eigenvalue weighted by Gasteiger charge is -2.32. The van der Waals surface area contributed by atoms with E-state index in [1.54, 1.807) is 62.3 Å². The number of hydrogen-bond donors (Lipinski definition) is 0. The molecule has 0 radical (unpaired) electrons. The SMILES string of the molecule is CC(C)C(=O)OCC(OC(=O)C(C)C)C(OC(=O)C(C)C)C(C)OC(=O)C(C)C. The third kappa shape index (κ3) is 9.76. The summed E-state index contributed by atoms with van der Waals surface area (Å²) < 4.78 is 21.6. The number of esters is 4. The topological polar surface area (TPSA) is 105 Å². The Morgan fingerprint density at radius 1 is 0.552 bits per heavy atom. The van der Waals surface area contributed by atoms with Gasteiger partial charge in [0.25, 0.3) is 0 Å². The summed E-state index contributed by atoms with van der Waals surface area (Å²) >= 11 is 0. The van der Waals surface area contributed by atoms with E-state index in [-0.39, 0.29) is 12.5 Å². The van der Waals surface area contributed by atoms with Crippen molar-refractivity contribution in [2.75, 3.05) is 6.61 Å². The fraction of sp³-hybridized carbons (Fsp3) is 0.810. The van der Waals surface area contributed by atoms with Crippen LogP contribution in [0.2, 0.25) is 0 Å². The predicted octanol–water partition coefficient (Wildman–Crippen LogP) is 2.91. The average molecular weight is 417 g/mol. The van der Waals surface area contributed by atoms with Crippen LogP contribution in [0, 0.1) is 23.7 Å². The predicted molar refractivity (Wildman–Crippen MR) is 106 cm³/mol. The molecule has 0 aromatic rings. The largest absolute Gasteiger partial charge is 0.461 e. The van der Waals surface area contributed by atoms with Gasteiger partial charge in [-0.25, -0.2) is 0 Å². The van der Waals surface area contributed by atoms with Crippen LogP contribution in [0.3, 0.4) is 0 Å². The summed E-state index contributed by atoms with van der Waals surface area (Å²) in [6.45, 7) is 14.5. The molecule has 0 rings (SSSR count). The maximum absolute atomic E-state index is 12.2. The molecule has 168 valence electrons. The van der Waals surface area contributed by atoms with Crippen molar-refractivity contribution < 1.29 is 38.1 Å². The normalized spacial score (nSPS) is 14.5. The van der Waals surface area contributed by atoms with Gasteiger partial charge in [0.15, 0.2) is 12.2 Å². The van der Waals surface area contributed by atoms with Crippen molar-refractivity contribution in [3.05, 3.63) is 0 Å². The summed E-state index contributed by atoms with van der Waals surface area (Å²) in [5.74, 6) is -3.77. The van der Waals surface area contributed by atoms with Crippen molar-refractivity contribution in [1.82, 2.24) is 0 Å². The van der Waals surface area contributed by atoms with Crippen molar-refractivity contribution in [2.45, 2.75) is 80.6 Å². The van der Waals surface area contributed by atoms with Crippen molar-refractivity contribution >= 4 is 23.9 Å². The van der Waals surface area contributed by atoms with Gasteiger partial charge >= 0.3 is 23.9 Å². The van der Waals surface area contributed by atoms with Crippen LogP contribution in [0.15, 0.2) is 0 Å². The van der Waals surface area contributed by atoms with Gasteiger partial charge in [-0.05, 0) is 6.92 Å². The molecule has 8 heteroatoms. The van der Waals surface area contributed by atoms with Crippen LogP contribution in [-0.4, -0.2) is 48.8 Å². The Hall–Kier alpha value is -2.12. The van der Waals surface area contributed by atoms with E-state index in [4.69, 9.17) is 18.9 Å². The molecule has 0 amide bonds. The fourth-order valence-electron chi connectivity index (χ4n) is 1.94. The third-order valence-electron chi connectivity index (χ3n) is 3.93. The number of carbonyl (C=O) groups is 4. The molecule has 0 aliphatic heterocycles. The Balaban J connectivity index is 5.73. The number of rotatable bonds is 11. The fourth-order valence-corrected chi connectivity index (χ4v) is 1.94. The van der Waals surface area contributed by atoms with Crippen LogP contribution in [0.5, 0.6) is 0 Å². The molecular weight excluding hydrogens is 380 g/mol. The van der Waals surface area contributed by atoms with Gasteiger partial charge in [-0.1, -0.05) is 55.4 Å². The van der Waals surface area contributed by atoms with Crippen LogP contribution in [0.4, 0.5) is 0 Å². The highest BCUT2D eigenvalue weighted by molar-refractivity contribution is 5.74. The van der Waals surface area contributed by atoms with E-state index in [1.807, 2.05) is 0 Å². The van der Waals surface area contributed by atoms with Gasteiger partial charge in [-0.2, -0.15) is 0 Å². The van der Waals surface area contributed by atoms with Crippen LogP contribution >= 0.6 is 0 Å². The van der Waals surface area contributed by atoms with Gasteiger partial charge in [0.2, 0.25) is 0 Å². The number of hydrogen-bond acceptors (Lipinski definition) is 8. The van der Waals surface area contributed by atoms with Gasteiger partial charge in [-0.15, -0.1) is 0 Å². The Kier molecular flexibility index (Phi) is 11.5. The lowest BCUT2D eigenvalue weighted by atomic mass is 10.1. The Labute approximate surface area is 173 Å². The zero-order valence-corrected chi connectivity index (χ0v) is 19.0. The average Bonchev–Trinajstić information content (AvgIpc) is 2.61. The van der Waals surface area contributed by atoms with Crippen molar-refractivity contribution in [1.29, 1.82) is 0 Å². The molecule has 0 saturated carbocycles. The first-order valence-corrected chi connectivity index (χ1v) is 10.1.